The summed E-state index contributed by atoms with van der Waals surface area (Å²) < 4.78 is 25.9. The van der Waals surface area contributed by atoms with Crippen LogP contribution in [0.1, 0.15) is 16.2 Å². The van der Waals surface area contributed by atoms with Crippen LogP contribution in [0.4, 0.5) is 4.39 Å². The van der Waals surface area contributed by atoms with Crippen LogP contribution in [0.25, 0.3) is 5.69 Å². The van der Waals surface area contributed by atoms with Gasteiger partial charge in [-0.2, -0.15) is 5.10 Å². The molecule has 8 heteroatoms. The number of nitrogens with one attached hydrogen (secondary N) is 1. The highest BCUT2D eigenvalue weighted by Gasteiger charge is 2.16. The van der Waals surface area contributed by atoms with Crippen molar-refractivity contribution < 1.29 is 18.7 Å². The van der Waals surface area contributed by atoms with Gasteiger partial charge in [0.25, 0.3) is 5.91 Å². The van der Waals surface area contributed by atoms with Crippen molar-refractivity contribution in [1.29, 1.82) is 0 Å². The van der Waals surface area contributed by atoms with Crippen molar-refractivity contribution in [2.24, 2.45) is 0 Å². The molecule has 1 aromatic heterocycles. The van der Waals surface area contributed by atoms with E-state index in [2.05, 4.69) is 10.4 Å². The molecule has 3 aromatic rings. The van der Waals surface area contributed by atoms with Crippen molar-refractivity contribution in [1.82, 2.24) is 15.1 Å². The van der Waals surface area contributed by atoms with Gasteiger partial charge in [0.1, 0.15) is 29.6 Å². The third-order valence-corrected chi connectivity index (χ3v) is 4.12. The summed E-state index contributed by atoms with van der Waals surface area (Å²) >= 11 is 0. The number of aromatic nitrogens is 2. The normalized spacial score (nSPS) is 10.4. The van der Waals surface area contributed by atoms with E-state index in [4.69, 9.17) is 9.47 Å². The number of carbonyl (C=O) groups is 1. The van der Waals surface area contributed by atoms with Gasteiger partial charge in [-0.1, -0.05) is 12.1 Å². The molecule has 1 amide bonds. The Morgan fingerprint density at radius 1 is 1.14 bits per heavy atom. The first-order valence-electron chi connectivity index (χ1n) is 8.90. The minimum Gasteiger partial charge on any atom is -0.497 e. The lowest BCUT2D eigenvalue weighted by molar-refractivity contribution is 0.0939. The van der Waals surface area contributed by atoms with Crippen LogP contribution in [0.2, 0.25) is 0 Å². The number of benzene rings is 2. The Hall–Kier alpha value is -3.68. The first kappa shape index (κ1) is 20.1. The largest absolute Gasteiger partial charge is 0.497 e. The lowest BCUT2D eigenvalue weighted by Gasteiger charge is -2.12. The van der Waals surface area contributed by atoms with Gasteiger partial charge in [-0.05, 0) is 43.3 Å². The summed E-state index contributed by atoms with van der Waals surface area (Å²) in [6.45, 7) is 1.98. The monoisotopic (exact) mass is 397 g/mol. The van der Waals surface area contributed by atoms with Crippen LogP contribution in [0.15, 0.2) is 59.4 Å². The fraction of sp³-hybridized carbons (Fsp3) is 0.190. The van der Waals surface area contributed by atoms with Gasteiger partial charge in [0, 0.05) is 11.8 Å². The first-order chi connectivity index (χ1) is 14.0. The number of para-hydroxylation sites is 1. The minimum absolute atomic E-state index is 0.155. The molecule has 150 valence electrons. The average Bonchev–Trinajstić information content (AvgIpc) is 2.72. The molecule has 0 radical (unpaired) electrons. The molecule has 0 spiro atoms. The van der Waals surface area contributed by atoms with E-state index in [1.165, 1.54) is 22.9 Å². The van der Waals surface area contributed by atoms with Gasteiger partial charge >= 0.3 is 0 Å². The third-order valence-electron chi connectivity index (χ3n) is 4.12. The molecule has 0 saturated heterocycles. The van der Waals surface area contributed by atoms with Gasteiger partial charge in [0.2, 0.25) is 5.43 Å². The van der Waals surface area contributed by atoms with Gasteiger partial charge in [0.05, 0.1) is 13.7 Å². The summed E-state index contributed by atoms with van der Waals surface area (Å²) in [6.07, 6.45) is 0. The number of carbonyl (C=O) groups excluding carboxylic acids is 1. The molecule has 1 heterocycles. The maximum atomic E-state index is 14.1. The van der Waals surface area contributed by atoms with Crippen LogP contribution in [0.5, 0.6) is 11.5 Å². The highest BCUT2D eigenvalue weighted by Crippen LogP contribution is 2.16. The fourth-order valence-corrected chi connectivity index (χ4v) is 2.66. The molecule has 0 aliphatic carbocycles. The number of aryl methyl sites for hydroxylation is 1. The van der Waals surface area contributed by atoms with Crippen LogP contribution in [-0.2, 0) is 0 Å². The van der Waals surface area contributed by atoms with E-state index in [9.17, 15) is 14.0 Å². The van der Waals surface area contributed by atoms with Gasteiger partial charge in [-0.3, -0.25) is 9.59 Å². The molecule has 7 nitrogen and oxygen atoms in total. The quantitative estimate of drug-likeness (QED) is 0.620. The summed E-state index contributed by atoms with van der Waals surface area (Å²) in [5.41, 5.74) is -0.284. The number of hydrogen-bond donors (Lipinski definition) is 1. The number of nitrogens with zero attached hydrogens (tertiary/aromatic N) is 2. The Morgan fingerprint density at radius 3 is 2.52 bits per heavy atom. The molecule has 0 atom stereocenters. The topological polar surface area (TPSA) is 82.4 Å². The molecule has 2 aromatic carbocycles. The van der Waals surface area contributed by atoms with Gasteiger partial charge in [-0.25, -0.2) is 9.07 Å². The van der Waals surface area contributed by atoms with E-state index < -0.39 is 17.2 Å². The zero-order valence-electron chi connectivity index (χ0n) is 16.0. The Balaban J connectivity index is 1.66. The molecule has 0 fully saturated rings. The summed E-state index contributed by atoms with van der Waals surface area (Å²) in [5, 5.41) is 6.64. The molecule has 0 saturated carbocycles. The molecular formula is C21H20FN3O4. The smallest absolute Gasteiger partial charge is 0.275 e. The molecule has 0 aliphatic rings. The predicted octanol–water partition coefficient (Wildman–Crippen LogP) is 2.50. The van der Waals surface area contributed by atoms with Crippen molar-refractivity contribution >= 4 is 5.91 Å². The zero-order chi connectivity index (χ0) is 20.8. The summed E-state index contributed by atoms with van der Waals surface area (Å²) in [6, 6.07) is 14.3. The van der Waals surface area contributed by atoms with Crippen molar-refractivity contribution in [3.05, 3.63) is 82.0 Å². The second kappa shape index (κ2) is 9.01. The van der Waals surface area contributed by atoms with Crippen LogP contribution >= 0.6 is 0 Å². The van der Waals surface area contributed by atoms with E-state index >= 15 is 0 Å². The number of amides is 1. The minimum atomic E-state index is -0.654. The highest BCUT2D eigenvalue weighted by molar-refractivity contribution is 5.92. The number of hydrogen-bond acceptors (Lipinski definition) is 5. The fourth-order valence-electron chi connectivity index (χ4n) is 2.66. The maximum Gasteiger partial charge on any atom is 0.275 e. The molecular weight excluding hydrogens is 377 g/mol. The lowest BCUT2D eigenvalue weighted by atomic mass is 10.2. The Kier molecular flexibility index (Phi) is 6.23. The standard InChI is InChI=1S/C21H20FN3O4/c1-14-13-19(26)20(24-25(14)18-6-4-3-5-17(18)22)21(27)23-11-12-29-16-9-7-15(28-2)8-10-16/h3-10,13H,11-12H2,1-2H3,(H,23,27). The summed E-state index contributed by atoms with van der Waals surface area (Å²) in [4.78, 5) is 24.6. The summed E-state index contributed by atoms with van der Waals surface area (Å²) in [7, 11) is 1.57. The van der Waals surface area contributed by atoms with Crippen molar-refractivity contribution in [3.63, 3.8) is 0 Å². The number of methoxy groups -OCH3 is 1. The van der Waals surface area contributed by atoms with Crippen LogP contribution in [-0.4, -0.2) is 35.9 Å². The first-order valence-corrected chi connectivity index (χ1v) is 8.90. The number of ether oxygens (including phenoxy) is 2. The maximum absolute atomic E-state index is 14.1. The number of rotatable bonds is 7. The average molecular weight is 397 g/mol. The molecule has 0 bridgehead atoms. The van der Waals surface area contributed by atoms with Crippen LogP contribution in [0, 0.1) is 12.7 Å². The van der Waals surface area contributed by atoms with E-state index in [-0.39, 0.29) is 24.5 Å². The Labute approximate surface area is 166 Å². The second-order valence-electron chi connectivity index (χ2n) is 6.14. The Morgan fingerprint density at radius 2 is 1.83 bits per heavy atom. The lowest BCUT2D eigenvalue weighted by Crippen LogP contribution is -2.34. The van der Waals surface area contributed by atoms with E-state index in [1.807, 2.05) is 0 Å². The molecule has 3 rings (SSSR count). The number of halogens is 1. The third kappa shape index (κ3) is 4.78. The van der Waals surface area contributed by atoms with E-state index in [0.29, 0.717) is 17.2 Å². The van der Waals surface area contributed by atoms with E-state index in [1.54, 1.807) is 50.4 Å². The Bertz CT molecular complexity index is 1060. The van der Waals surface area contributed by atoms with Crippen molar-refractivity contribution in [3.8, 4) is 17.2 Å². The molecule has 0 unspecified atom stereocenters. The van der Waals surface area contributed by atoms with E-state index in [0.717, 1.165) is 0 Å². The predicted molar refractivity (Wildman–Crippen MR) is 105 cm³/mol. The van der Waals surface area contributed by atoms with Gasteiger partial charge in [0.15, 0.2) is 5.69 Å². The summed E-state index contributed by atoms with van der Waals surface area (Å²) in [5.74, 6) is 0.169. The molecule has 0 aliphatic heterocycles. The van der Waals surface area contributed by atoms with Crippen molar-refractivity contribution in [2.45, 2.75) is 6.92 Å². The molecule has 29 heavy (non-hydrogen) atoms. The molecule has 1 N–H and O–H groups in total. The van der Waals surface area contributed by atoms with Gasteiger partial charge in [-0.15, -0.1) is 0 Å². The second-order valence-corrected chi connectivity index (χ2v) is 6.14. The highest BCUT2D eigenvalue weighted by atomic mass is 19.1. The van der Waals surface area contributed by atoms with Crippen LogP contribution in [0.3, 0.4) is 0 Å². The van der Waals surface area contributed by atoms with Gasteiger partial charge < -0.3 is 14.8 Å². The van der Waals surface area contributed by atoms with Crippen LogP contribution < -0.4 is 20.2 Å². The SMILES string of the molecule is COc1ccc(OCCNC(=O)c2nn(-c3ccccc3F)c(C)cc2=O)cc1. The van der Waals surface area contributed by atoms with Crippen molar-refractivity contribution in [2.75, 3.05) is 20.3 Å². The zero-order valence-corrected chi connectivity index (χ0v) is 16.0.